The third-order valence-electron chi connectivity index (χ3n) is 6.90. The van der Waals surface area contributed by atoms with Crippen LogP contribution in [0.3, 0.4) is 0 Å². The van der Waals surface area contributed by atoms with Gasteiger partial charge in [0.05, 0.1) is 27.9 Å². The number of nitrogens with zero attached hydrogens (tertiary/aromatic N) is 3. The largest absolute Gasteiger partial charge is 0.502 e. The van der Waals surface area contributed by atoms with Crippen LogP contribution in [0.15, 0.2) is 54.7 Å². The van der Waals surface area contributed by atoms with Crippen LogP contribution in [0, 0.1) is 12.7 Å². The predicted molar refractivity (Wildman–Crippen MR) is 135 cm³/mol. The van der Waals surface area contributed by atoms with E-state index in [1.165, 1.54) is 12.1 Å². The van der Waals surface area contributed by atoms with Crippen LogP contribution in [0.1, 0.15) is 38.8 Å². The monoisotopic (exact) mass is 473 g/mol. The minimum Gasteiger partial charge on any atom is -0.472 e. The normalized spacial score (nSPS) is 16.7. The van der Waals surface area contributed by atoms with Gasteiger partial charge in [-0.2, -0.15) is 0 Å². The molecular formula is C27H29BFN3O3. The van der Waals surface area contributed by atoms with Crippen molar-refractivity contribution < 1.29 is 18.4 Å². The topological polar surface area (TPSA) is 58.4 Å². The number of pyridine rings is 1. The van der Waals surface area contributed by atoms with Crippen molar-refractivity contribution in [1.82, 2.24) is 14.8 Å². The van der Waals surface area contributed by atoms with Crippen LogP contribution >= 0.6 is 0 Å². The summed E-state index contributed by atoms with van der Waals surface area (Å²) >= 11 is 0. The predicted octanol–water partition coefficient (Wildman–Crippen LogP) is 4.96. The van der Waals surface area contributed by atoms with Crippen LogP contribution in [-0.2, 0) is 23.0 Å². The molecule has 1 saturated heterocycles. The Morgan fingerprint density at radius 2 is 1.69 bits per heavy atom. The molecule has 2 aromatic carbocycles. The second kappa shape index (κ2) is 8.46. The standard InChI is InChI=1S/C27H29BFN3O3/c1-17-13-20-14-21(29)11-12-23(20)30-24(17)19-9-7-18(8-10-19)16-33-25-22(15-32(6)31-25)28-34-26(2,3)27(4,5)35-28/h7-15H,16H2,1-6H3. The Morgan fingerprint density at radius 1 is 1.00 bits per heavy atom. The number of aromatic nitrogens is 3. The molecule has 0 aliphatic carbocycles. The lowest BCUT2D eigenvalue weighted by molar-refractivity contribution is 0.00578. The molecule has 4 aromatic rings. The van der Waals surface area contributed by atoms with Gasteiger partial charge in [0.1, 0.15) is 12.4 Å². The quantitative estimate of drug-likeness (QED) is 0.384. The van der Waals surface area contributed by atoms with Gasteiger partial charge >= 0.3 is 7.12 Å². The number of halogens is 1. The van der Waals surface area contributed by atoms with Gasteiger partial charge in [-0.15, -0.1) is 5.10 Å². The Labute approximate surface area is 205 Å². The Balaban J connectivity index is 1.33. The maximum absolute atomic E-state index is 13.6. The molecule has 2 aromatic heterocycles. The maximum Gasteiger partial charge on any atom is 0.502 e. The molecule has 0 spiro atoms. The summed E-state index contributed by atoms with van der Waals surface area (Å²) in [5, 5.41) is 5.27. The Bertz CT molecular complexity index is 1380. The second-order valence-electron chi connectivity index (χ2n) is 10.1. The molecule has 5 rings (SSSR count). The highest BCUT2D eigenvalue weighted by molar-refractivity contribution is 6.63. The molecule has 1 aliphatic rings. The highest BCUT2D eigenvalue weighted by Gasteiger charge is 2.53. The molecule has 0 saturated carbocycles. The van der Waals surface area contributed by atoms with E-state index in [2.05, 4.69) is 5.10 Å². The fourth-order valence-electron chi connectivity index (χ4n) is 4.19. The molecule has 0 bridgehead atoms. The van der Waals surface area contributed by atoms with E-state index in [-0.39, 0.29) is 5.82 Å². The van der Waals surface area contributed by atoms with Gasteiger partial charge < -0.3 is 14.0 Å². The molecule has 8 heteroatoms. The number of hydrogen-bond acceptors (Lipinski definition) is 5. The molecular weight excluding hydrogens is 444 g/mol. The van der Waals surface area contributed by atoms with Crippen LogP contribution in [0.5, 0.6) is 5.88 Å². The van der Waals surface area contributed by atoms with E-state index in [0.29, 0.717) is 12.5 Å². The summed E-state index contributed by atoms with van der Waals surface area (Å²) in [6, 6.07) is 14.7. The molecule has 0 radical (unpaired) electrons. The Morgan fingerprint density at radius 3 is 2.37 bits per heavy atom. The molecule has 35 heavy (non-hydrogen) atoms. The Kier molecular flexibility index (Phi) is 5.69. The van der Waals surface area contributed by atoms with Crippen molar-refractivity contribution in [3.63, 3.8) is 0 Å². The fourth-order valence-corrected chi connectivity index (χ4v) is 4.19. The molecule has 1 fully saturated rings. The number of fused-ring (bicyclic) bond motifs is 1. The molecule has 0 unspecified atom stereocenters. The zero-order valence-electron chi connectivity index (χ0n) is 20.9. The maximum atomic E-state index is 13.6. The van der Waals surface area contributed by atoms with Crippen molar-refractivity contribution in [3.8, 4) is 17.1 Å². The first-order valence-corrected chi connectivity index (χ1v) is 11.7. The van der Waals surface area contributed by atoms with Gasteiger partial charge in [-0.25, -0.2) is 9.37 Å². The molecule has 1 aliphatic heterocycles. The van der Waals surface area contributed by atoms with Gasteiger partial charge in [-0.3, -0.25) is 4.68 Å². The molecule has 0 atom stereocenters. The average Bonchev–Trinajstić information content (AvgIpc) is 3.27. The van der Waals surface area contributed by atoms with Crippen LogP contribution in [0.25, 0.3) is 22.2 Å². The number of ether oxygens (including phenoxy) is 1. The minimum absolute atomic E-state index is 0.259. The lowest BCUT2D eigenvalue weighted by Crippen LogP contribution is -2.41. The number of aryl methyl sites for hydroxylation is 2. The van der Waals surface area contributed by atoms with E-state index in [1.807, 2.05) is 78.2 Å². The summed E-state index contributed by atoms with van der Waals surface area (Å²) in [6.45, 7) is 10.4. The van der Waals surface area contributed by atoms with Gasteiger partial charge in [0.25, 0.3) is 0 Å². The molecule has 0 N–H and O–H groups in total. The smallest absolute Gasteiger partial charge is 0.472 e. The van der Waals surface area contributed by atoms with Crippen LogP contribution < -0.4 is 10.2 Å². The fraction of sp³-hybridized carbons (Fsp3) is 0.333. The molecule has 180 valence electrons. The third kappa shape index (κ3) is 4.44. The first-order valence-electron chi connectivity index (χ1n) is 11.7. The second-order valence-corrected chi connectivity index (χ2v) is 10.1. The number of hydrogen-bond donors (Lipinski definition) is 0. The van der Waals surface area contributed by atoms with Gasteiger partial charge in [0, 0.05) is 24.2 Å². The summed E-state index contributed by atoms with van der Waals surface area (Å²) in [6.07, 6.45) is 1.88. The zero-order valence-corrected chi connectivity index (χ0v) is 20.9. The van der Waals surface area contributed by atoms with Crippen molar-refractivity contribution in [2.75, 3.05) is 0 Å². The van der Waals surface area contributed by atoms with Crippen molar-refractivity contribution in [1.29, 1.82) is 0 Å². The average molecular weight is 473 g/mol. The lowest BCUT2D eigenvalue weighted by Gasteiger charge is -2.32. The van der Waals surface area contributed by atoms with Crippen LogP contribution in [0.2, 0.25) is 0 Å². The molecule has 6 nitrogen and oxygen atoms in total. The van der Waals surface area contributed by atoms with Crippen molar-refractivity contribution in [2.45, 2.75) is 52.4 Å². The minimum atomic E-state index is -0.540. The van der Waals surface area contributed by atoms with Crippen molar-refractivity contribution in [3.05, 3.63) is 71.7 Å². The third-order valence-corrected chi connectivity index (χ3v) is 6.90. The van der Waals surface area contributed by atoms with Gasteiger partial charge in [0.15, 0.2) is 0 Å². The molecule has 3 heterocycles. The van der Waals surface area contributed by atoms with E-state index in [4.69, 9.17) is 19.0 Å². The van der Waals surface area contributed by atoms with Gasteiger partial charge in [-0.1, -0.05) is 24.3 Å². The summed E-state index contributed by atoms with van der Waals surface area (Å²) < 4.78 is 33.7. The number of benzene rings is 2. The summed E-state index contributed by atoms with van der Waals surface area (Å²) in [5.74, 6) is 0.236. The van der Waals surface area contributed by atoms with Crippen LogP contribution in [-0.4, -0.2) is 33.1 Å². The van der Waals surface area contributed by atoms with E-state index in [9.17, 15) is 4.39 Å². The highest BCUT2D eigenvalue weighted by atomic mass is 19.1. The van der Waals surface area contributed by atoms with E-state index >= 15 is 0 Å². The van der Waals surface area contributed by atoms with Gasteiger partial charge in [-0.05, 0) is 70.0 Å². The first-order chi connectivity index (χ1) is 16.5. The summed E-state index contributed by atoms with van der Waals surface area (Å²) in [7, 11) is 1.31. The number of rotatable bonds is 5. The zero-order chi connectivity index (χ0) is 25.0. The SMILES string of the molecule is Cc1cc2cc(F)ccc2nc1-c1ccc(COc2nn(C)cc2B2OC(C)(C)C(C)(C)O2)cc1. The van der Waals surface area contributed by atoms with E-state index in [0.717, 1.165) is 38.8 Å². The summed E-state index contributed by atoms with van der Waals surface area (Å²) in [5.41, 5.74) is 4.53. The van der Waals surface area contributed by atoms with Crippen LogP contribution in [0.4, 0.5) is 4.39 Å². The van der Waals surface area contributed by atoms with E-state index < -0.39 is 18.3 Å². The summed E-state index contributed by atoms with van der Waals surface area (Å²) in [4.78, 5) is 4.75. The van der Waals surface area contributed by atoms with Gasteiger partial charge in [0.2, 0.25) is 5.88 Å². The molecule has 0 amide bonds. The first kappa shape index (κ1) is 23.5. The Hall–Kier alpha value is -3.23. The highest BCUT2D eigenvalue weighted by Crippen LogP contribution is 2.37. The van der Waals surface area contributed by atoms with E-state index in [1.54, 1.807) is 10.7 Å². The van der Waals surface area contributed by atoms with Crippen molar-refractivity contribution in [2.24, 2.45) is 7.05 Å². The van der Waals surface area contributed by atoms with Crippen molar-refractivity contribution >= 4 is 23.5 Å². The lowest BCUT2D eigenvalue weighted by atomic mass is 9.81.